The second kappa shape index (κ2) is 4.60. The van der Waals surface area contributed by atoms with Crippen molar-refractivity contribution in [3.63, 3.8) is 0 Å². The van der Waals surface area contributed by atoms with E-state index in [1.54, 1.807) is 18.2 Å². The number of hydrogen-bond donors (Lipinski definition) is 3. The van der Waals surface area contributed by atoms with Crippen molar-refractivity contribution in [3.8, 4) is 0 Å². The molecule has 0 aliphatic carbocycles. The van der Waals surface area contributed by atoms with Gasteiger partial charge in [0.25, 0.3) is 11.8 Å². The van der Waals surface area contributed by atoms with Crippen LogP contribution in [0.5, 0.6) is 0 Å². The van der Waals surface area contributed by atoms with Gasteiger partial charge in [-0.2, -0.15) is 0 Å². The zero-order valence-corrected chi connectivity index (χ0v) is 8.77. The molecular formula is C10H10N4O3. The lowest BCUT2D eigenvalue weighted by atomic mass is 10.1. The lowest BCUT2D eigenvalue weighted by Gasteiger charge is -2.05. The van der Waals surface area contributed by atoms with Crippen LogP contribution < -0.4 is 16.2 Å². The van der Waals surface area contributed by atoms with Crippen molar-refractivity contribution in [2.45, 2.75) is 6.42 Å². The summed E-state index contributed by atoms with van der Waals surface area (Å²) in [6, 6.07) is 5.05. The molecule has 7 nitrogen and oxygen atoms in total. The fourth-order valence-electron chi connectivity index (χ4n) is 1.42. The molecule has 88 valence electrons. The number of amides is 3. The normalized spacial score (nSPS) is 15.3. The highest BCUT2D eigenvalue weighted by Gasteiger charge is 2.34. The molecule has 1 aromatic rings. The number of carbonyl (C=O) groups excluding carboxylic acids is 3. The van der Waals surface area contributed by atoms with Crippen LogP contribution in [0.1, 0.15) is 6.42 Å². The predicted octanol–water partition coefficient (Wildman–Crippen LogP) is -0.813. The molecule has 0 aromatic carbocycles. The molecule has 0 bridgehead atoms. The maximum atomic E-state index is 11.5. The highest BCUT2D eigenvalue weighted by molar-refractivity contribution is 6.08. The molecule has 1 aromatic heterocycles. The largest absolute Gasteiger partial charge is 0.311 e. The lowest BCUT2D eigenvalue weighted by molar-refractivity contribution is -0.131. The van der Waals surface area contributed by atoms with Crippen LogP contribution in [0, 0.1) is 5.92 Å². The molecule has 0 radical (unpaired) electrons. The zero-order chi connectivity index (χ0) is 12.3. The second-order valence-electron chi connectivity index (χ2n) is 3.50. The first-order chi connectivity index (χ1) is 8.16. The van der Waals surface area contributed by atoms with Crippen LogP contribution in [0.4, 0.5) is 5.82 Å². The SMILES string of the molecule is O=C(CC1C(=O)NNC1=O)Nc1ccccn1. The van der Waals surface area contributed by atoms with Crippen molar-refractivity contribution >= 4 is 23.5 Å². The average Bonchev–Trinajstić information content (AvgIpc) is 2.62. The van der Waals surface area contributed by atoms with E-state index in [4.69, 9.17) is 0 Å². The van der Waals surface area contributed by atoms with Crippen LogP contribution >= 0.6 is 0 Å². The lowest BCUT2D eigenvalue weighted by Crippen LogP contribution is -2.28. The van der Waals surface area contributed by atoms with Crippen LogP contribution in [0.15, 0.2) is 24.4 Å². The number of hydrogen-bond acceptors (Lipinski definition) is 4. The van der Waals surface area contributed by atoms with E-state index in [0.717, 1.165) is 0 Å². The minimum atomic E-state index is -0.973. The molecule has 1 fully saturated rings. The van der Waals surface area contributed by atoms with E-state index in [2.05, 4.69) is 21.2 Å². The van der Waals surface area contributed by atoms with E-state index in [9.17, 15) is 14.4 Å². The highest BCUT2D eigenvalue weighted by atomic mass is 16.2. The van der Waals surface area contributed by atoms with E-state index < -0.39 is 23.6 Å². The van der Waals surface area contributed by atoms with Gasteiger partial charge in [-0.05, 0) is 12.1 Å². The minimum Gasteiger partial charge on any atom is -0.311 e. The molecule has 1 saturated heterocycles. The fraction of sp³-hybridized carbons (Fsp3) is 0.200. The third kappa shape index (κ3) is 2.57. The number of hydrazine groups is 1. The monoisotopic (exact) mass is 234 g/mol. The molecule has 0 saturated carbocycles. The summed E-state index contributed by atoms with van der Waals surface area (Å²) in [5.41, 5.74) is 4.31. The van der Waals surface area contributed by atoms with Crippen molar-refractivity contribution in [3.05, 3.63) is 24.4 Å². The van der Waals surface area contributed by atoms with E-state index in [1.165, 1.54) is 6.20 Å². The van der Waals surface area contributed by atoms with E-state index in [0.29, 0.717) is 5.82 Å². The summed E-state index contributed by atoms with van der Waals surface area (Å²) >= 11 is 0. The third-order valence-corrected chi connectivity index (χ3v) is 2.26. The average molecular weight is 234 g/mol. The summed E-state index contributed by atoms with van der Waals surface area (Å²) in [5.74, 6) is -2.01. The number of nitrogens with one attached hydrogen (secondary N) is 3. The second-order valence-corrected chi connectivity index (χ2v) is 3.50. The molecule has 0 unspecified atom stereocenters. The quantitative estimate of drug-likeness (QED) is 0.595. The number of carbonyl (C=O) groups is 3. The van der Waals surface area contributed by atoms with Crippen molar-refractivity contribution < 1.29 is 14.4 Å². The maximum absolute atomic E-state index is 11.5. The van der Waals surface area contributed by atoms with Crippen molar-refractivity contribution in [2.24, 2.45) is 5.92 Å². The summed E-state index contributed by atoms with van der Waals surface area (Å²) in [5, 5.41) is 2.50. The van der Waals surface area contributed by atoms with Gasteiger partial charge in [-0.3, -0.25) is 25.2 Å². The molecule has 7 heteroatoms. The number of anilines is 1. The predicted molar refractivity (Wildman–Crippen MR) is 57.3 cm³/mol. The summed E-state index contributed by atoms with van der Waals surface area (Å²) in [6.07, 6.45) is 1.33. The Morgan fingerprint density at radius 2 is 2.00 bits per heavy atom. The van der Waals surface area contributed by atoms with Gasteiger partial charge < -0.3 is 5.32 Å². The molecule has 1 aliphatic heterocycles. The van der Waals surface area contributed by atoms with Gasteiger partial charge in [0.1, 0.15) is 11.7 Å². The molecule has 2 rings (SSSR count). The van der Waals surface area contributed by atoms with Crippen LogP contribution in [0.3, 0.4) is 0 Å². The van der Waals surface area contributed by atoms with Crippen LogP contribution in [0.2, 0.25) is 0 Å². The first kappa shape index (κ1) is 11.1. The molecule has 17 heavy (non-hydrogen) atoms. The summed E-state index contributed by atoms with van der Waals surface area (Å²) in [7, 11) is 0. The Labute approximate surface area is 96.6 Å². The number of aromatic nitrogens is 1. The van der Waals surface area contributed by atoms with Crippen LogP contribution in [-0.2, 0) is 14.4 Å². The van der Waals surface area contributed by atoms with E-state index in [-0.39, 0.29) is 6.42 Å². The summed E-state index contributed by atoms with van der Waals surface area (Å²) in [4.78, 5) is 37.8. The fourth-order valence-corrected chi connectivity index (χ4v) is 1.42. The van der Waals surface area contributed by atoms with Crippen molar-refractivity contribution in [1.82, 2.24) is 15.8 Å². The van der Waals surface area contributed by atoms with Gasteiger partial charge in [-0.15, -0.1) is 0 Å². The molecule has 3 N–H and O–H groups in total. The Balaban J connectivity index is 1.94. The Bertz CT molecular complexity index is 444. The Hall–Kier alpha value is -2.44. The number of pyridine rings is 1. The molecular weight excluding hydrogens is 224 g/mol. The van der Waals surface area contributed by atoms with Gasteiger partial charge in [0, 0.05) is 12.6 Å². The van der Waals surface area contributed by atoms with Gasteiger partial charge in [-0.1, -0.05) is 6.07 Å². The number of nitrogens with zero attached hydrogens (tertiary/aromatic N) is 1. The van der Waals surface area contributed by atoms with Gasteiger partial charge in [0.05, 0.1) is 0 Å². The number of rotatable bonds is 3. The van der Waals surface area contributed by atoms with E-state index in [1.807, 2.05) is 0 Å². The molecule has 3 amide bonds. The van der Waals surface area contributed by atoms with Crippen LogP contribution in [-0.4, -0.2) is 22.7 Å². The topological polar surface area (TPSA) is 100 Å². The van der Waals surface area contributed by atoms with Crippen molar-refractivity contribution in [2.75, 3.05) is 5.32 Å². The first-order valence-corrected chi connectivity index (χ1v) is 4.97. The Morgan fingerprint density at radius 3 is 2.59 bits per heavy atom. The molecule has 0 atom stereocenters. The van der Waals surface area contributed by atoms with Gasteiger partial charge in [0.2, 0.25) is 5.91 Å². The van der Waals surface area contributed by atoms with E-state index >= 15 is 0 Å². The summed E-state index contributed by atoms with van der Waals surface area (Å²) in [6.45, 7) is 0. The van der Waals surface area contributed by atoms with Gasteiger partial charge >= 0.3 is 0 Å². The molecule has 0 spiro atoms. The minimum absolute atomic E-state index is 0.200. The zero-order valence-electron chi connectivity index (χ0n) is 8.77. The standard InChI is InChI=1S/C10H10N4O3/c15-8(12-7-3-1-2-4-11-7)5-6-9(16)13-14-10(6)17/h1-4,6H,5H2,(H,13,16)(H,14,17)(H,11,12,15). The van der Waals surface area contributed by atoms with Gasteiger partial charge in [0.15, 0.2) is 0 Å². The Kier molecular flexibility index (Phi) is 2.99. The highest BCUT2D eigenvalue weighted by Crippen LogP contribution is 2.09. The molecule has 2 heterocycles. The molecule has 1 aliphatic rings. The van der Waals surface area contributed by atoms with Crippen LogP contribution in [0.25, 0.3) is 0 Å². The van der Waals surface area contributed by atoms with Crippen molar-refractivity contribution in [1.29, 1.82) is 0 Å². The summed E-state index contributed by atoms with van der Waals surface area (Å²) < 4.78 is 0. The van der Waals surface area contributed by atoms with Gasteiger partial charge in [-0.25, -0.2) is 4.98 Å². The smallest absolute Gasteiger partial charge is 0.251 e. The first-order valence-electron chi connectivity index (χ1n) is 4.97. The third-order valence-electron chi connectivity index (χ3n) is 2.26. The Morgan fingerprint density at radius 1 is 1.29 bits per heavy atom. The maximum Gasteiger partial charge on any atom is 0.251 e.